The molecule has 0 radical (unpaired) electrons. The smallest absolute Gasteiger partial charge is 0.180 e. The number of fused-ring (bicyclic) bond motifs is 1. The highest BCUT2D eigenvalue weighted by molar-refractivity contribution is 5.78. The minimum Gasteiger partial charge on any atom is -0.508 e. The first-order chi connectivity index (χ1) is 9.19. The van der Waals surface area contributed by atoms with Crippen LogP contribution in [-0.4, -0.2) is 27.1 Å². The molecule has 5 heteroatoms. The fourth-order valence-corrected chi connectivity index (χ4v) is 2.04. The van der Waals surface area contributed by atoms with Crippen molar-refractivity contribution in [2.45, 2.75) is 6.92 Å². The van der Waals surface area contributed by atoms with Gasteiger partial charge in [-0.15, -0.1) is 0 Å². The molecule has 19 heavy (non-hydrogen) atoms. The number of nitrogens with one attached hydrogen (secondary N) is 2. The molecule has 0 aliphatic rings. The molecule has 0 saturated carbocycles. The lowest BCUT2D eigenvalue weighted by molar-refractivity contribution is 0.471. The predicted molar refractivity (Wildman–Crippen MR) is 75.3 cm³/mol. The maximum Gasteiger partial charge on any atom is 0.180 e. The van der Waals surface area contributed by atoms with Gasteiger partial charge in [0.05, 0.1) is 5.52 Å². The maximum absolute atomic E-state index is 9.75. The molecule has 2 aromatic heterocycles. The van der Waals surface area contributed by atoms with Gasteiger partial charge in [-0.3, -0.25) is 0 Å². The van der Waals surface area contributed by atoms with Crippen LogP contribution >= 0.6 is 0 Å². The number of aromatic nitrogens is 3. The van der Waals surface area contributed by atoms with E-state index in [1.165, 1.54) is 0 Å². The summed E-state index contributed by atoms with van der Waals surface area (Å²) in [4.78, 5) is 12.1. The van der Waals surface area contributed by atoms with Crippen LogP contribution in [0, 0.1) is 6.92 Å². The molecule has 0 amide bonds. The summed E-state index contributed by atoms with van der Waals surface area (Å²) in [6.07, 6.45) is 0. The SMILES string of the molecule is CNc1ccc2[nH]c(-c3cccc(O)c3C)nc2n1. The lowest BCUT2D eigenvalue weighted by Crippen LogP contribution is -1.91. The van der Waals surface area contributed by atoms with Crippen LogP contribution < -0.4 is 5.32 Å². The Bertz CT molecular complexity index is 748. The number of anilines is 1. The molecule has 3 rings (SSSR count). The van der Waals surface area contributed by atoms with Crippen LogP contribution in [0.1, 0.15) is 5.56 Å². The summed E-state index contributed by atoms with van der Waals surface area (Å²) in [5.74, 6) is 1.75. The number of aromatic amines is 1. The Hall–Kier alpha value is -2.56. The highest BCUT2D eigenvalue weighted by Gasteiger charge is 2.10. The molecule has 0 bridgehead atoms. The predicted octanol–water partition coefficient (Wildman–Crippen LogP) is 2.68. The Morgan fingerprint density at radius 1 is 1.16 bits per heavy atom. The number of imidazole rings is 1. The molecule has 0 aliphatic carbocycles. The molecule has 0 saturated heterocycles. The number of hydrogen-bond donors (Lipinski definition) is 3. The fourth-order valence-electron chi connectivity index (χ4n) is 2.04. The van der Waals surface area contributed by atoms with Crippen LogP contribution in [0.5, 0.6) is 5.75 Å². The summed E-state index contributed by atoms with van der Waals surface area (Å²) in [5.41, 5.74) is 3.21. The van der Waals surface area contributed by atoms with Crippen LogP contribution in [0.15, 0.2) is 30.3 Å². The number of phenolic OH excluding ortho intramolecular Hbond substituents is 1. The lowest BCUT2D eigenvalue weighted by atomic mass is 10.1. The third-order valence-corrected chi connectivity index (χ3v) is 3.16. The number of benzene rings is 1. The van der Waals surface area contributed by atoms with Crippen LogP contribution in [0.3, 0.4) is 0 Å². The minimum atomic E-state index is 0.266. The summed E-state index contributed by atoms with van der Waals surface area (Å²) in [6, 6.07) is 9.21. The second-order valence-electron chi connectivity index (χ2n) is 4.35. The molecule has 96 valence electrons. The third-order valence-electron chi connectivity index (χ3n) is 3.16. The molecule has 0 aliphatic heterocycles. The number of phenols is 1. The van der Waals surface area contributed by atoms with Crippen molar-refractivity contribution >= 4 is 17.0 Å². The van der Waals surface area contributed by atoms with Crippen molar-refractivity contribution in [1.82, 2.24) is 15.0 Å². The van der Waals surface area contributed by atoms with Crippen LogP contribution in [-0.2, 0) is 0 Å². The number of H-pyrrole nitrogens is 1. The largest absolute Gasteiger partial charge is 0.508 e. The third kappa shape index (κ3) is 1.89. The van der Waals surface area contributed by atoms with Crippen LogP contribution in [0.25, 0.3) is 22.6 Å². The zero-order valence-electron chi connectivity index (χ0n) is 10.7. The minimum absolute atomic E-state index is 0.266. The van der Waals surface area contributed by atoms with E-state index in [0.717, 1.165) is 22.5 Å². The van der Waals surface area contributed by atoms with Crippen LogP contribution in [0.2, 0.25) is 0 Å². The first-order valence-corrected chi connectivity index (χ1v) is 6.02. The van der Waals surface area contributed by atoms with Gasteiger partial charge in [0.15, 0.2) is 5.65 Å². The van der Waals surface area contributed by atoms with Gasteiger partial charge in [0.1, 0.15) is 17.4 Å². The van der Waals surface area contributed by atoms with Gasteiger partial charge in [0.2, 0.25) is 0 Å². The monoisotopic (exact) mass is 254 g/mol. The van der Waals surface area contributed by atoms with E-state index in [0.29, 0.717) is 11.5 Å². The summed E-state index contributed by atoms with van der Waals surface area (Å²) in [5, 5.41) is 12.7. The molecule has 0 fully saturated rings. The van der Waals surface area contributed by atoms with Crippen molar-refractivity contribution in [2.75, 3.05) is 12.4 Å². The lowest BCUT2D eigenvalue weighted by Gasteiger charge is -2.03. The Morgan fingerprint density at radius 3 is 2.79 bits per heavy atom. The van der Waals surface area contributed by atoms with Gasteiger partial charge in [-0.1, -0.05) is 12.1 Å². The van der Waals surface area contributed by atoms with E-state index in [4.69, 9.17) is 0 Å². The second-order valence-corrected chi connectivity index (χ2v) is 4.35. The summed E-state index contributed by atoms with van der Waals surface area (Å²) < 4.78 is 0. The van der Waals surface area contributed by atoms with Crippen LogP contribution in [0.4, 0.5) is 5.82 Å². The van der Waals surface area contributed by atoms with Gasteiger partial charge in [-0.25, -0.2) is 9.97 Å². The Morgan fingerprint density at radius 2 is 2.00 bits per heavy atom. The molecule has 3 aromatic rings. The maximum atomic E-state index is 9.75. The molecular weight excluding hydrogens is 240 g/mol. The van der Waals surface area contributed by atoms with E-state index in [1.54, 1.807) is 12.1 Å². The van der Waals surface area contributed by atoms with E-state index in [-0.39, 0.29) is 5.75 Å². The van der Waals surface area contributed by atoms with Gasteiger partial charge in [-0.05, 0) is 25.1 Å². The fraction of sp³-hybridized carbons (Fsp3) is 0.143. The number of nitrogens with zero attached hydrogens (tertiary/aromatic N) is 2. The van der Waals surface area contributed by atoms with Crippen molar-refractivity contribution in [3.63, 3.8) is 0 Å². The average Bonchev–Trinajstić information content (AvgIpc) is 2.84. The molecule has 2 heterocycles. The topological polar surface area (TPSA) is 73.8 Å². The van der Waals surface area contributed by atoms with Gasteiger partial charge in [0, 0.05) is 18.2 Å². The van der Waals surface area contributed by atoms with Gasteiger partial charge >= 0.3 is 0 Å². The zero-order valence-corrected chi connectivity index (χ0v) is 10.7. The average molecular weight is 254 g/mol. The molecule has 0 spiro atoms. The van der Waals surface area contributed by atoms with Gasteiger partial charge in [-0.2, -0.15) is 0 Å². The van der Waals surface area contributed by atoms with E-state index >= 15 is 0 Å². The first-order valence-electron chi connectivity index (χ1n) is 6.02. The molecular formula is C14H14N4O. The number of rotatable bonds is 2. The Balaban J connectivity index is 2.18. The Labute approximate surface area is 110 Å². The van der Waals surface area contributed by atoms with E-state index in [1.807, 2.05) is 32.2 Å². The zero-order chi connectivity index (χ0) is 13.4. The summed E-state index contributed by atoms with van der Waals surface area (Å²) >= 11 is 0. The number of hydrogen-bond acceptors (Lipinski definition) is 4. The van der Waals surface area contributed by atoms with Gasteiger partial charge in [0.25, 0.3) is 0 Å². The molecule has 1 aromatic carbocycles. The summed E-state index contributed by atoms with van der Waals surface area (Å²) in [7, 11) is 1.82. The first kappa shape index (κ1) is 11.5. The Kier molecular flexibility index (Phi) is 2.59. The molecule has 3 N–H and O–H groups in total. The molecule has 0 unspecified atom stereocenters. The standard InChI is InChI=1S/C14H14N4O/c1-8-9(4-3-5-11(8)19)13-16-10-6-7-12(15-2)17-14(10)18-13/h3-7,19H,1-2H3,(H2,15,16,17,18). The van der Waals surface area contributed by atoms with E-state index < -0.39 is 0 Å². The number of aromatic hydroxyl groups is 1. The van der Waals surface area contributed by atoms with Crippen molar-refractivity contribution in [2.24, 2.45) is 0 Å². The number of pyridine rings is 1. The van der Waals surface area contributed by atoms with Crippen molar-refractivity contribution < 1.29 is 5.11 Å². The van der Waals surface area contributed by atoms with Gasteiger partial charge < -0.3 is 15.4 Å². The highest BCUT2D eigenvalue weighted by atomic mass is 16.3. The van der Waals surface area contributed by atoms with Crippen molar-refractivity contribution in [3.8, 4) is 17.1 Å². The summed E-state index contributed by atoms with van der Waals surface area (Å²) in [6.45, 7) is 1.87. The van der Waals surface area contributed by atoms with Crippen molar-refractivity contribution in [1.29, 1.82) is 0 Å². The normalized spacial score (nSPS) is 10.8. The molecule has 0 atom stereocenters. The molecule has 5 nitrogen and oxygen atoms in total. The second kappa shape index (κ2) is 4.28. The van der Waals surface area contributed by atoms with Crippen molar-refractivity contribution in [3.05, 3.63) is 35.9 Å². The van der Waals surface area contributed by atoms with E-state index in [2.05, 4.69) is 20.3 Å². The highest BCUT2D eigenvalue weighted by Crippen LogP contribution is 2.28. The van der Waals surface area contributed by atoms with E-state index in [9.17, 15) is 5.11 Å². The quantitative estimate of drug-likeness (QED) is 0.657.